The zero-order valence-corrected chi connectivity index (χ0v) is 19.7. The third-order valence-electron chi connectivity index (χ3n) is 6.20. The van der Waals surface area contributed by atoms with Gasteiger partial charge in [-0.2, -0.15) is 0 Å². The molecule has 0 radical (unpaired) electrons. The van der Waals surface area contributed by atoms with E-state index in [-0.39, 0.29) is 5.56 Å². The number of hydrogen-bond donors (Lipinski definition) is 2. The molecule has 6 heteroatoms. The quantitative estimate of drug-likeness (QED) is 0.514. The molecule has 2 aromatic rings. The Hall–Kier alpha value is -1.92. The molecule has 0 aliphatic heterocycles. The highest BCUT2D eigenvalue weighted by molar-refractivity contribution is 7.80. The highest BCUT2D eigenvalue weighted by Crippen LogP contribution is 2.25. The number of aromatic amines is 1. The normalized spacial score (nSPS) is 15.0. The molecule has 0 atom stereocenters. The summed E-state index contributed by atoms with van der Waals surface area (Å²) in [7, 11) is 4.17. The van der Waals surface area contributed by atoms with Crippen molar-refractivity contribution >= 4 is 28.2 Å². The predicted molar refractivity (Wildman–Crippen MR) is 130 cm³/mol. The van der Waals surface area contributed by atoms with Gasteiger partial charge in [0.05, 0.1) is 12.1 Å². The minimum Gasteiger partial charge on any atom is -0.363 e. The van der Waals surface area contributed by atoms with Gasteiger partial charge in [-0.15, -0.1) is 0 Å². The van der Waals surface area contributed by atoms with Crippen molar-refractivity contribution in [3.8, 4) is 0 Å². The molecule has 0 unspecified atom stereocenters. The molecule has 1 fully saturated rings. The van der Waals surface area contributed by atoms with Crippen LogP contribution in [0.1, 0.15) is 55.2 Å². The van der Waals surface area contributed by atoms with E-state index in [1.807, 2.05) is 6.92 Å². The lowest BCUT2D eigenvalue weighted by Gasteiger charge is -2.36. The zero-order valence-electron chi connectivity index (χ0n) is 18.9. The van der Waals surface area contributed by atoms with E-state index in [1.165, 1.54) is 24.8 Å². The van der Waals surface area contributed by atoms with Crippen LogP contribution in [0, 0.1) is 13.8 Å². The lowest BCUT2D eigenvalue weighted by molar-refractivity contribution is 0.234. The topological polar surface area (TPSA) is 51.4 Å². The Bertz CT molecular complexity index is 931. The third-order valence-corrected chi connectivity index (χ3v) is 6.57. The maximum absolute atomic E-state index is 12.9. The number of pyridine rings is 1. The van der Waals surface area contributed by atoms with E-state index in [0.29, 0.717) is 12.6 Å². The van der Waals surface area contributed by atoms with Gasteiger partial charge in [0.2, 0.25) is 0 Å². The van der Waals surface area contributed by atoms with Crippen LogP contribution in [0.25, 0.3) is 10.9 Å². The van der Waals surface area contributed by atoms with Crippen LogP contribution >= 0.6 is 12.2 Å². The predicted octanol–water partition coefficient (Wildman–Crippen LogP) is 4.11. The van der Waals surface area contributed by atoms with E-state index in [4.69, 9.17) is 12.2 Å². The van der Waals surface area contributed by atoms with Crippen LogP contribution in [0.5, 0.6) is 0 Å². The Kier molecular flexibility index (Phi) is 7.89. The molecule has 0 saturated heterocycles. The summed E-state index contributed by atoms with van der Waals surface area (Å²) in [6.07, 6.45) is 7.09. The molecular weight excluding hydrogens is 392 g/mol. The highest BCUT2D eigenvalue weighted by Gasteiger charge is 2.24. The van der Waals surface area contributed by atoms with Gasteiger partial charge in [-0.3, -0.25) is 4.79 Å². The molecule has 0 bridgehead atoms. The van der Waals surface area contributed by atoms with Gasteiger partial charge in [-0.1, -0.05) is 31.4 Å². The van der Waals surface area contributed by atoms with E-state index < -0.39 is 0 Å². The largest absolute Gasteiger partial charge is 0.363 e. The summed E-state index contributed by atoms with van der Waals surface area (Å²) >= 11 is 5.81. The van der Waals surface area contributed by atoms with E-state index in [0.717, 1.165) is 59.5 Å². The summed E-state index contributed by atoms with van der Waals surface area (Å²) in [6, 6.07) is 6.66. The van der Waals surface area contributed by atoms with Crippen LogP contribution < -0.4 is 10.9 Å². The van der Waals surface area contributed by atoms with Gasteiger partial charge >= 0.3 is 0 Å². The summed E-state index contributed by atoms with van der Waals surface area (Å²) in [5, 5.41) is 5.35. The van der Waals surface area contributed by atoms with Crippen molar-refractivity contribution < 1.29 is 0 Å². The summed E-state index contributed by atoms with van der Waals surface area (Å²) in [4.78, 5) is 20.5. The average molecular weight is 429 g/mol. The summed E-state index contributed by atoms with van der Waals surface area (Å²) in [5.41, 5.74) is 4.01. The van der Waals surface area contributed by atoms with Gasteiger partial charge in [0.1, 0.15) is 0 Å². The number of H-pyrrole nitrogens is 1. The van der Waals surface area contributed by atoms with Gasteiger partial charge in [-0.05, 0) is 83.2 Å². The molecule has 30 heavy (non-hydrogen) atoms. The smallest absolute Gasteiger partial charge is 0.253 e. The second-order valence-electron chi connectivity index (χ2n) is 8.92. The highest BCUT2D eigenvalue weighted by atomic mass is 32.1. The Balaban J connectivity index is 1.83. The molecule has 5 nitrogen and oxygen atoms in total. The molecule has 1 aliphatic rings. The van der Waals surface area contributed by atoms with Crippen LogP contribution in [0.15, 0.2) is 23.0 Å². The Morgan fingerprint density at radius 1 is 1.17 bits per heavy atom. The van der Waals surface area contributed by atoms with E-state index >= 15 is 0 Å². The number of nitrogens with one attached hydrogen (secondary N) is 2. The van der Waals surface area contributed by atoms with Crippen LogP contribution in [-0.2, 0) is 6.54 Å². The first kappa shape index (κ1) is 22.8. The van der Waals surface area contributed by atoms with Crippen molar-refractivity contribution in [2.24, 2.45) is 0 Å². The Labute approximate surface area is 185 Å². The minimum absolute atomic E-state index is 0.00702. The number of benzene rings is 1. The van der Waals surface area contributed by atoms with Crippen LogP contribution in [0.4, 0.5) is 0 Å². The molecule has 164 valence electrons. The second-order valence-corrected chi connectivity index (χ2v) is 9.31. The maximum atomic E-state index is 12.9. The standard InChI is InChI=1S/C24H36N4OS/c1-17-11-12-18(2)22-21(17)15-19(23(29)26-22)16-28(20-9-6-5-7-10-20)24(30)25-13-8-14-27(3)4/h11-12,15,20H,5-10,13-14,16H2,1-4H3,(H,25,30)(H,26,29). The van der Waals surface area contributed by atoms with Gasteiger partial charge < -0.3 is 20.1 Å². The summed E-state index contributed by atoms with van der Waals surface area (Å²) in [5.74, 6) is 0. The number of aromatic nitrogens is 1. The number of fused-ring (bicyclic) bond motifs is 1. The molecule has 1 aromatic heterocycles. The van der Waals surface area contributed by atoms with Crippen molar-refractivity contribution in [1.82, 2.24) is 20.1 Å². The fourth-order valence-electron chi connectivity index (χ4n) is 4.37. The first-order chi connectivity index (χ1) is 14.4. The van der Waals surface area contributed by atoms with E-state index in [2.05, 4.69) is 59.3 Å². The molecular formula is C24H36N4OS. The molecule has 0 amide bonds. The van der Waals surface area contributed by atoms with Gasteiger partial charge in [-0.25, -0.2) is 0 Å². The van der Waals surface area contributed by atoms with Crippen molar-refractivity contribution in [2.45, 2.75) is 65.0 Å². The lowest BCUT2D eigenvalue weighted by Crippen LogP contribution is -2.47. The summed E-state index contributed by atoms with van der Waals surface area (Å²) in [6.45, 7) is 6.58. The monoisotopic (exact) mass is 428 g/mol. The molecule has 0 spiro atoms. The van der Waals surface area contributed by atoms with Crippen LogP contribution in [-0.4, -0.2) is 53.1 Å². The first-order valence-electron chi connectivity index (χ1n) is 11.2. The lowest BCUT2D eigenvalue weighted by atomic mass is 9.94. The first-order valence-corrected chi connectivity index (χ1v) is 11.6. The third kappa shape index (κ3) is 5.61. The van der Waals surface area contributed by atoms with Gasteiger partial charge in [0.15, 0.2) is 5.11 Å². The number of thiocarbonyl (C=S) groups is 1. The Morgan fingerprint density at radius 3 is 2.57 bits per heavy atom. The van der Waals surface area contributed by atoms with Crippen molar-refractivity contribution in [2.75, 3.05) is 27.2 Å². The number of rotatable bonds is 7. The van der Waals surface area contributed by atoms with Crippen molar-refractivity contribution in [3.63, 3.8) is 0 Å². The molecule has 1 heterocycles. The number of nitrogens with zero attached hydrogens (tertiary/aromatic N) is 2. The fourth-order valence-corrected chi connectivity index (χ4v) is 4.69. The number of aryl methyl sites for hydroxylation is 2. The molecule has 1 aliphatic carbocycles. The van der Waals surface area contributed by atoms with E-state index in [1.54, 1.807) is 0 Å². The van der Waals surface area contributed by atoms with Crippen LogP contribution in [0.3, 0.4) is 0 Å². The minimum atomic E-state index is -0.00702. The molecule has 3 rings (SSSR count). The number of hydrogen-bond acceptors (Lipinski definition) is 3. The van der Waals surface area contributed by atoms with Gasteiger partial charge in [0, 0.05) is 23.5 Å². The molecule has 1 aromatic carbocycles. The van der Waals surface area contributed by atoms with Crippen molar-refractivity contribution in [1.29, 1.82) is 0 Å². The molecule has 2 N–H and O–H groups in total. The zero-order chi connectivity index (χ0) is 21.7. The summed E-state index contributed by atoms with van der Waals surface area (Å²) < 4.78 is 0. The van der Waals surface area contributed by atoms with Crippen molar-refractivity contribution in [3.05, 3.63) is 45.2 Å². The Morgan fingerprint density at radius 2 is 1.87 bits per heavy atom. The second kappa shape index (κ2) is 10.4. The molecule has 1 saturated carbocycles. The van der Waals surface area contributed by atoms with E-state index in [9.17, 15) is 4.79 Å². The van der Waals surface area contributed by atoms with Gasteiger partial charge in [0.25, 0.3) is 5.56 Å². The fraction of sp³-hybridized carbons (Fsp3) is 0.583. The average Bonchev–Trinajstić information content (AvgIpc) is 2.73. The van der Waals surface area contributed by atoms with Crippen LogP contribution in [0.2, 0.25) is 0 Å². The SMILES string of the molecule is Cc1ccc(C)c2[nH]c(=O)c(CN(C(=S)NCCCN(C)C)C3CCCCC3)cc12. The maximum Gasteiger partial charge on any atom is 0.253 e.